The molecule has 0 aliphatic heterocycles. The molecule has 6 aromatic carbocycles. The van der Waals surface area contributed by atoms with Crippen molar-refractivity contribution < 1.29 is 27.6 Å². The van der Waals surface area contributed by atoms with Gasteiger partial charge in [-0.1, -0.05) is 48.0 Å². The zero-order chi connectivity index (χ0) is 43.4. The molecule has 0 fully saturated rings. The number of benzene rings is 6. The molecule has 13 N–H and O–H groups in total. The first-order valence-corrected chi connectivity index (χ1v) is 18.3. The van der Waals surface area contributed by atoms with E-state index in [2.05, 4.69) is 20.9 Å². The molecule has 0 unspecified atom stereocenters. The van der Waals surface area contributed by atoms with Crippen LogP contribution in [0.1, 0.15) is 42.3 Å². The summed E-state index contributed by atoms with van der Waals surface area (Å²) in [7, 11) is 0. The Labute approximate surface area is 349 Å². The van der Waals surface area contributed by atoms with E-state index < -0.39 is 23.1 Å². The van der Waals surface area contributed by atoms with Gasteiger partial charge in [-0.05, 0) is 114 Å². The Morgan fingerprint density at radius 1 is 0.567 bits per heavy atom. The van der Waals surface area contributed by atoms with Gasteiger partial charge in [0, 0.05) is 57.8 Å². The molecule has 7 rings (SSSR count). The van der Waals surface area contributed by atoms with Crippen molar-refractivity contribution in [2.45, 2.75) is 13.1 Å². The Hall–Kier alpha value is -7.59. The number of anilines is 6. The van der Waals surface area contributed by atoms with E-state index in [9.17, 15) is 23.2 Å². The molecule has 3 amide bonds. The number of halogens is 3. The normalized spacial score (nSPS) is 9.95. The maximum Gasteiger partial charge on any atom is 0.277 e. The van der Waals surface area contributed by atoms with E-state index in [4.69, 9.17) is 44.7 Å². The lowest BCUT2D eigenvalue weighted by Crippen LogP contribution is -2.15. The summed E-state index contributed by atoms with van der Waals surface area (Å²) in [6.07, 6.45) is 2.49. The van der Waals surface area contributed by atoms with Crippen molar-refractivity contribution in [3.8, 4) is 0 Å². The number of nitrogens with two attached hydrogens (primary N) is 5. The van der Waals surface area contributed by atoms with Crippen LogP contribution in [0.2, 0.25) is 5.02 Å². The number of amides is 3. The average Bonchev–Trinajstić information content (AvgIpc) is 3.80. The minimum atomic E-state index is -0.893. The van der Waals surface area contributed by atoms with E-state index in [0.717, 1.165) is 28.9 Å². The second kappa shape index (κ2) is 23.0. The van der Waals surface area contributed by atoms with Crippen molar-refractivity contribution in [2.75, 3.05) is 33.2 Å². The number of nitrogens with zero attached hydrogens (tertiary/aromatic N) is 1. The summed E-state index contributed by atoms with van der Waals surface area (Å²) in [6.45, 7) is 0.969. The molecule has 60 heavy (non-hydrogen) atoms. The number of oxazole rings is 1. The van der Waals surface area contributed by atoms with Crippen LogP contribution in [0.4, 0.5) is 42.9 Å². The van der Waals surface area contributed by atoms with Gasteiger partial charge in [-0.3, -0.25) is 14.4 Å². The van der Waals surface area contributed by atoms with Crippen LogP contribution in [0.3, 0.4) is 0 Å². The fourth-order valence-electron chi connectivity index (χ4n) is 4.77. The topological polar surface area (TPSA) is 243 Å². The molecule has 0 saturated heterocycles. The zero-order valence-electron chi connectivity index (χ0n) is 31.9. The summed E-state index contributed by atoms with van der Waals surface area (Å²) in [5.74, 6) is -3.12. The summed E-state index contributed by atoms with van der Waals surface area (Å²) >= 11 is 5.82. The molecule has 0 atom stereocenters. The van der Waals surface area contributed by atoms with Gasteiger partial charge in [-0.15, -0.1) is 0 Å². The number of hydrogen-bond acceptors (Lipinski definition) is 10. The second-order valence-corrected chi connectivity index (χ2v) is 12.9. The number of rotatable bonds is 8. The molecule has 0 spiro atoms. The number of carbonyl (C=O) groups excluding carboxylic acids is 3. The molecule has 0 aliphatic rings. The van der Waals surface area contributed by atoms with Gasteiger partial charge in [0.05, 0.1) is 0 Å². The van der Waals surface area contributed by atoms with Crippen molar-refractivity contribution >= 4 is 63.4 Å². The highest BCUT2D eigenvalue weighted by Crippen LogP contribution is 2.17. The van der Waals surface area contributed by atoms with Gasteiger partial charge in [-0.25, -0.2) is 13.8 Å². The Morgan fingerprint density at radius 2 is 0.983 bits per heavy atom. The second-order valence-electron chi connectivity index (χ2n) is 12.4. The summed E-state index contributed by atoms with van der Waals surface area (Å²) in [6, 6.07) is 38.1. The highest BCUT2D eigenvalue weighted by atomic mass is 35.5. The van der Waals surface area contributed by atoms with Crippen LogP contribution < -0.4 is 44.6 Å². The van der Waals surface area contributed by atoms with Crippen LogP contribution in [0.15, 0.2) is 157 Å². The standard InChI is InChI=1S/C14H12F2N2O.C13H11ClN2O.C10H9N3O2.C7H10N2/c15-11-2-1-3-12(16)13(11)14(19)18-10-6-4-9(8-17)5-7-10;14-10-3-1-2-9(8-10)13(17)16-12-6-4-11(15)5-7-12;11-7-1-3-8(4-2-7)13-10(14)9-5-15-6-12-9;8-5-6-1-3-7(9)4-2-6/h1-7H,8,17H2,(H,18,19);1-8H,15H2,(H,16,17);1-6H,11H2,(H,13,14);1-4H,5,8-9H2. The van der Waals surface area contributed by atoms with Gasteiger partial charge in [0.2, 0.25) is 0 Å². The van der Waals surface area contributed by atoms with Gasteiger partial charge in [0.1, 0.15) is 23.5 Å². The lowest BCUT2D eigenvalue weighted by Gasteiger charge is -2.07. The zero-order valence-corrected chi connectivity index (χ0v) is 32.7. The minimum absolute atomic E-state index is 0.197. The SMILES string of the molecule is NCc1ccc(N)cc1.NCc1ccc(NC(=O)c2c(F)cccc2F)cc1.Nc1ccc(NC(=O)c2cccc(Cl)c2)cc1.Nc1ccc(NC(=O)c2cocn2)cc1. The smallest absolute Gasteiger partial charge is 0.277 e. The summed E-state index contributed by atoms with van der Waals surface area (Å²) in [5, 5.41) is 8.38. The van der Waals surface area contributed by atoms with Gasteiger partial charge in [0.15, 0.2) is 12.1 Å². The van der Waals surface area contributed by atoms with Crippen molar-refractivity contribution in [3.63, 3.8) is 0 Å². The van der Waals surface area contributed by atoms with E-state index in [1.807, 2.05) is 24.3 Å². The first-order chi connectivity index (χ1) is 28.8. The first-order valence-electron chi connectivity index (χ1n) is 17.9. The lowest BCUT2D eigenvalue weighted by molar-refractivity contribution is 0.101. The van der Waals surface area contributed by atoms with E-state index in [1.165, 1.54) is 18.7 Å². The Morgan fingerprint density at radius 3 is 1.43 bits per heavy atom. The predicted molar refractivity (Wildman–Crippen MR) is 233 cm³/mol. The van der Waals surface area contributed by atoms with Gasteiger partial charge >= 0.3 is 0 Å². The van der Waals surface area contributed by atoms with Crippen molar-refractivity contribution in [1.29, 1.82) is 0 Å². The molecule has 7 aromatic rings. The first kappa shape index (κ1) is 45.1. The fourth-order valence-corrected chi connectivity index (χ4v) is 4.96. The molecule has 308 valence electrons. The molecular weight excluding hydrogens is 792 g/mol. The quantitative estimate of drug-likeness (QED) is 0.0684. The maximum atomic E-state index is 13.4. The minimum Gasteiger partial charge on any atom is -0.451 e. The Kier molecular flexibility index (Phi) is 17.3. The molecule has 0 bridgehead atoms. The van der Waals surface area contributed by atoms with Crippen LogP contribution >= 0.6 is 11.6 Å². The largest absolute Gasteiger partial charge is 0.451 e. The van der Waals surface area contributed by atoms with E-state index in [1.54, 1.807) is 97.1 Å². The third kappa shape index (κ3) is 14.7. The number of nitrogens with one attached hydrogen (secondary N) is 3. The number of nitrogen functional groups attached to an aromatic ring is 3. The highest BCUT2D eigenvalue weighted by molar-refractivity contribution is 6.31. The monoisotopic (exact) mass is 833 g/mol. The molecule has 1 aromatic heterocycles. The van der Waals surface area contributed by atoms with Crippen molar-refractivity contribution in [2.24, 2.45) is 11.5 Å². The molecule has 13 nitrogen and oxygen atoms in total. The van der Waals surface area contributed by atoms with E-state index >= 15 is 0 Å². The summed E-state index contributed by atoms with van der Waals surface area (Å²) < 4.78 is 31.5. The number of carbonyl (C=O) groups is 3. The van der Waals surface area contributed by atoms with Crippen molar-refractivity contribution in [1.82, 2.24) is 4.98 Å². The molecule has 0 radical (unpaired) electrons. The van der Waals surface area contributed by atoms with Crippen LogP contribution in [0, 0.1) is 11.6 Å². The molecule has 0 aliphatic carbocycles. The fraction of sp³-hybridized carbons (Fsp3) is 0.0455. The van der Waals surface area contributed by atoms with Gasteiger partial charge < -0.3 is 49.0 Å². The van der Waals surface area contributed by atoms with Gasteiger partial charge in [0.25, 0.3) is 17.7 Å². The number of aromatic nitrogens is 1. The van der Waals surface area contributed by atoms with Crippen LogP contribution in [0.25, 0.3) is 0 Å². The summed E-state index contributed by atoms with van der Waals surface area (Å²) in [5.41, 5.74) is 33.4. The Bertz CT molecular complexity index is 2420. The highest BCUT2D eigenvalue weighted by Gasteiger charge is 2.17. The lowest BCUT2D eigenvalue weighted by atomic mass is 10.1. The average molecular weight is 834 g/mol. The van der Waals surface area contributed by atoms with Gasteiger partial charge in [-0.2, -0.15) is 0 Å². The predicted octanol–water partition coefficient (Wildman–Crippen LogP) is 8.09. The molecular formula is C44H42ClF2N9O4. The molecule has 0 saturated carbocycles. The van der Waals surface area contributed by atoms with Crippen LogP contribution in [-0.4, -0.2) is 22.7 Å². The Balaban J connectivity index is 0.000000181. The molecule has 1 heterocycles. The summed E-state index contributed by atoms with van der Waals surface area (Å²) in [4.78, 5) is 38.9. The third-order valence-corrected chi connectivity index (χ3v) is 8.18. The van der Waals surface area contributed by atoms with Crippen LogP contribution in [0.5, 0.6) is 0 Å². The third-order valence-electron chi connectivity index (χ3n) is 7.94. The van der Waals surface area contributed by atoms with Crippen molar-refractivity contribution in [3.05, 3.63) is 197 Å². The maximum absolute atomic E-state index is 13.4. The van der Waals surface area contributed by atoms with Crippen LogP contribution in [-0.2, 0) is 13.1 Å². The van der Waals surface area contributed by atoms with E-state index in [0.29, 0.717) is 52.1 Å². The molecule has 16 heteroatoms. The van der Waals surface area contributed by atoms with E-state index in [-0.39, 0.29) is 17.5 Å². The number of hydrogen-bond donors (Lipinski definition) is 8.